The fraction of sp³-hybridized carbons (Fsp3) is 0. The normalized spacial score (nSPS) is 11.4. The fourth-order valence-corrected chi connectivity index (χ4v) is 8.00. The Bertz CT molecular complexity index is 3340. The molecule has 0 radical (unpaired) electrons. The molecule has 0 fully saturated rings. The summed E-state index contributed by atoms with van der Waals surface area (Å²) in [7, 11) is 0. The van der Waals surface area contributed by atoms with Crippen LogP contribution in [0.2, 0.25) is 0 Å². The lowest BCUT2D eigenvalue weighted by atomic mass is 9.94. The van der Waals surface area contributed by atoms with Crippen LogP contribution in [0.25, 0.3) is 112 Å². The molecule has 0 saturated heterocycles. The van der Waals surface area contributed by atoms with Gasteiger partial charge in [-0.3, -0.25) is 0 Å². The van der Waals surface area contributed by atoms with Crippen molar-refractivity contribution in [3.8, 4) is 78.5 Å². The third-order valence-corrected chi connectivity index (χ3v) is 10.9. The van der Waals surface area contributed by atoms with Gasteiger partial charge in [0.1, 0.15) is 5.58 Å². The van der Waals surface area contributed by atoms with E-state index in [2.05, 4.69) is 127 Å². The quantitative estimate of drug-likeness (QED) is 0.162. The molecule has 0 bridgehead atoms. The van der Waals surface area contributed by atoms with Gasteiger partial charge in [-0.1, -0.05) is 164 Å². The van der Waals surface area contributed by atoms with Crippen LogP contribution in [0.3, 0.4) is 0 Å². The molecule has 0 aliphatic heterocycles. The summed E-state index contributed by atoms with van der Waals surface area (Å²) in [5.74, 6) is 0.619. The number of furan rings is 1. The Morgan fingerprint density at radius 3 is 1.27 bits per heavy atom. The molecule has 0 unspecified atom stereocenters. The van der Waals surface area contributed by atoms with Crippen LogP contribution in [-0.4, -0.2) is 19.9 Å². The number of aromatic nitrogens is 4. The van der Waals surface area contributed by atoms with E-state index in [1.807, 2.05) is 78.9 Å². The van der Waals surface area contributed by atoms with Crippen LogP contribution in [-0.2, 0) is 0 Å². The average Bonchev–Trinajstić information content (AvgIpc) is 3.70. The Kier molecular flexibility index (Phi) is 8.41. The molecule has 8 aromatic carbocycles. The van der Waals surface area contributed by atoms with Crippen molar-refractivity contribution in [3.05, 3.63) is 206 Å². The van der Waals surface area contributed by atoms with Gasteiger partial charge < -0.3 is 4.42 Å². The van der Waals surface area contributed by atoms with Crippen molar-refractivity contribution in [1.82, 2.24) is 19.9 Å². The minimum absolute atomic E-state index is 0.578. The smallest absolute Gasteiger partial charge is 0.231 e. The van der Waals surface area contributed by atoms with Gasteiger partial charge in [-0.15, -0.1) is 0 Å². The van der Waals surface area contributed by atoms with Crippen LogP contribution in [0.1, 0.15) is 0 Å². The van der Waals surface area contributed by atoms with Gasteiger partial charge in [-0.05, 0) is 75.8 Å². The standard InChI is InChI=1S/C54H34N4O/c1-3-15-35(16-4-1)50-49-45-27-7-10-30-48(45)59-54(49)58-53(57-50)44-26-14-24-42(34-44)40-22-12-20-38(32-40)37-19-11-21-39(31-37)41-23-13-25-43(33-41)52-51(36-17-5-2-6-18-36)55-46-28-8-9-29-47(46)56-52/h1-34H. The third kappa shape index (κ3) is 6.41. The van der Waals surface area contributed by atoms with E-state index in [1.165, 1.54) is 0 Å². The van der Waals surface area contributed by atoms with Crippen LogP contribution < -0.4 is 0 Å². The molecule has 0 amide bonds. The Balaban J connectivity index is 0.944. The van der Waals surface area contributed by atoms with Gasteiger partial charge in [-0.2, -0.15) is 4.98 Å². The molecular formula is C54H34N4O. The summed E-state index contributed by atoms with van der Waals surface area (Å²) >= 11 is 0. The van der Waals surface area contributed by atoms with Crippen molar-refractivity contribution in [2.75, 3.05) is 0 Å². The molecule has 3 heterocycles. The van der Waals surface area contributed by atoms with E-state index < -0.39 is 0 Å². The zero-order valence-electron chi connectivity index (χ0n) is 31.8. The van der Waals surface area contributed by atoms with E-state index >= 15 is 0 Å². The SMILES string of the molecule is c1ccc(-c2nc3ccccc3nc2-c2cccc(-c3cccc(-c4cccc(-c5cccc(-c6nc(-c7ccccc7)c7c(n6)oc6ccccc67)c5)c4)c3)c2)cc1. The van der Waals surface area contributed by atoms with Crippen molar-refractivity contribution in [1.29, 1.82) is 0 Å². The van der Waals surface area contributed by atoms with Crippen molar-refractivity contribution in [2.45, 2.75) is 0 Å². The number of para-hydroxylation sites is 3. The van der Waals surface area contributed by atoms with Gasteiger partial charge in [-0.25, -0.2) is 15.0 Å². The number of nitrogens with zero attached hydrogens (tertiary/aromatic N) is 4. The van der Waals surface area contributed by atoms with Gasteiger partial charge in [0, 0.05) is 27.6 Å². The zero-order chi connectivity index (χ0) is 39.1. The van der Waals surface area contributed by atoms with E-state index in [9.17, 15) is 0 Å². The first-order valence-electron chi connectivity index (χ1n) is 19.7. The largest absolute Gasteiger partial charge is 0.438 e. The minimum Gasteiger partial charge on any atom is -0.438 e. The molecule has 59 heavy (non-hydrogen) atoms. The molecule has 11 aromatic rings. The minimum atomic E-state index is 0.578. The second-order valence-electron chi connectivity index (χ2n) is 14.6. The molecular weight excluding hydrogens is 721 g/mol. The molecule has 276 valence electrons. The van der Waals surface area contributed by atoms with Crippen LogP contribution in [0.15, 0.2) is 211 Å². The Labute approximate surface area is 341 Å². The molecule has 11 rings (SSSR count). The topological polar surface area (TPSA) is 64.7 Å². The number of hydrogen-bond acceptors (Lipinski definition) is 5. The molecule has 0 saturated carbocycles. The first-order chi connectivity index (χ1) is 29.2. The average molecular weight is 755 g/mol. The third-order valence-electron chi connectivity index (χ3n) is 10.9. The highest BCUT2D eigenvalue weighted by Crippen LogP contribution is 2.38. The Morgan fingerprint density at radius 2 is 0.695 bits per heavy atom. The van der Waals surface area contributed by atoms with Crippen LogP contribution in [0.4, 0.5) is 0 Å². The predicted octanol–water partition coefficient (Wildman–Crippen LogP) is 14.0. The van der Waals surface area contributed by atoms with Crippen molar-refractivity contribution >= 4 is 33.1 Å². The van der Waals surface area contributed by atoms with E-state index in [-0.39, 0.29) is 0 Å². The maximum Gasteiger partial charge on any atom is 0.231 e. The van der Waals surface area contributed by atoms with Crippen LogP contribution >= 0.6 is 0 Å². The van der Waals surface area contributed by atoms with E-state index in [0.29, 0.717) is 11.5 Å². The van der Waals surface area contributed by atoms with E-state index in [4.69, 9.17) is 24.4 Å². The first-order valence-corrected chi connectivity index (χ1v) is 19.7. The van der Waals surface area contributed by atoms with Gasteiger partial charge in [0.15, 0.2) is 5.82 Å². The summed E-state index contributed by atoms with van der Waals surface area (Å²) in [5, 5.41) is 1.93. The highest BCUT2D eigenvalue weighted by atomic mass is 16.3. The first kappa shape index (κ1) is 34.2. The van der Waals surface area contributed by atoms with Crippen LogP contribution in [0.5, 0.6) is 0 Å². The highest BCUT2D eigenvalue weighted by Gasteiger charge is 2.19. The second-order valence-corrected chi connectivity index (χ2v) is 14.6. The summed E-state index contributed by atoms with van der Waals surface area (Å²) < 4.78 is 6.31. The monoisotopic (exact) mass is 754 g/mol. The number of rotatable bonds is 7. The van der Waals surface area contributed by atoms with Crippen molar-refractivity contribution in [3.63, 3.8) is 0 Å². The Hall–Kier alpha value is -8.02. The number of hydrogen-bond donors (Lipinski definition) is 0. The molecule has 0 spiro atoms. The molecule has 3 aromatic heterocycles. The maximum atomic E-state index is 6.31. The molecule has 5 nitrogen and oxygen atoms in total. The van der Waals surface area contributed by atoms with Gasteiger partial charge in [0.05, 0.1) is 33.5 Å². The molecule has 0 aliphatic rings. The van der Waals surface area contributed by atoms with Gasteiger partial charge >= 0.3 is 0 Å². The lowest BCUT2D eigenvalue weighted by Crippen LogP contribution is -1.95. The predicted molar refractivity (Wildman–Crippen MR) is 240 cm³/mol. The maximum absolute atomic E-state index is 6.31. The molecule has 0 atom stereocenters. The second kappa shape index (κ2) is 14.5. The molecule has 0 N–H and O–H groups in total. The lowest BCUT2D eigenvalue weighted by Gasteiger charge is -2.13. The van der Waals surface area contributed by atoms with E-state index in [1.54, 1.807) is 0 Å². The molecule has 0 aliphatic carbocycles. The number of benzene rings is 8. The van der Waals surface area contributed by atoms with E-state index in [0.717, 1.165) is 100 Å². The fourth-order valence-electron chi connectivity index (χ4n) is 8.00. The van der Waals surface area contributed by atoms with Crippen molar-refractivity contribution < 1.29 is 4.42 Å². The summed E-state index contributed by atoms with van der Waals surface area (Å²) in [6.07, 6.45) is 0. The summed E-state index contributed by atoms with van der Waals surface area (Å²) in [4.78, 5) is 20.4. The number of fused-ring (bicyclic) bond motifs is 4. The lowest BCUT2D eigenvalue weighted by molar-refractivity contribution is 0.653. The Morgan fingerprint density at radius 1 is 0.288 bits per heavy atom. The molecule has 5 heteroatoms. The summed E-state index contributed by atoms with van der Waals surface area (Å²) in [5.41, 5.74) is 16.4. The van der Waals surface area contributed by atoms with Crippen molar-refractivity contribution in [2.24, 2.45) is 0 Å². The van der Waals surface area contributed by atoms with Gasteiger partial charge in [0.2, 0.25) is 5.71 Å². The summed E-state index contributed by atoms with van der Waals surface area (Å²) in [6, 6.07) is 71.2. The van der Waals surface area contributed by atoms with Crippen LogP contribution in [0, 0.1) is 0 Å². The summed E-state index contributed by atoms with van der Waals surface area (Å²) in [6.45, 7) is 0. The van der Waals surface area contributed by atoms with Gasteiger partial charge in [0.25, 0.3) is 0 Å². The zero-order valence-corrected chi connectivity index (χ0v) is 31.8. The highest BCUT2D eigenvalue weighted by molar-refractivity contribution is 6.10.